The molecular weight excluding hydrogens is 837 g/mol. The van der Waals surface area contributed by atoms with Crippen LogP contribution in [0.4, 0.5) is 0 Å². The Balaban J connectivity index is 1.37. The number of rotatable bonds is 7. The maximum absolute atomic E-state index is 12.6. The van der Waals surface area contributed by atoms with E-state index in [1.807, 2.05) is 11.3 Å². The summed E-state index contributed by atoms with van der Waals surface area (Å²) in [7, 11) is 0. The van der Waals surface area contributed by atoms with Crippen molar-refractivity contribution in [3.05, 3.63) is 149 Å². The van der Waals surface area contributed by atoms with Crippen LogP contribution in [0.3, 0.4) is 0 Å². The smallest absolute Gasteiger partial charge is 0.149 e. The molecule has 6 heteroatoms. The van der Waals surface area contributed by atoms with Crippen LogP contribution in [-0.2, 0) is 28.1 Å². The van der Waals surface area contributed by atoms with Gasteiger partial charge in [0.1, 0.15) is 17.9 Å². The lowest BCUT2D eigenvalue weighted by Gasteiger charge is -2.28. The van der Waals surface area contributed by atoms with E-state index in [-0.39, 0.29) is 27.4 Å². The Morgan fingerprint density at radius 3 is 1.88 bits per heavy atom. The van der Waals surface area contributed by atoms with Crippen LogP contribution in [0, 0.1) is 5.92 Å². The van der Waals surface area contributed by atoms with E-state index < -0.39 is 0 Å². The molecule has 5 nitrogen and oxygen atoms in total. The lowest BCUT2D eigenvalue weighted by molar-refractivity contribution is 0.446. The second-order valence-corrected chi connectivity index (χ2v) is 24.2. The fourth-order valence-corrected chi connectivity index (χ4v) is 10.7. The summed E-state index contributed by atoms with van der Waals surface area (Å²) in [6.45, 7) is 31.4. The van der Waals surface area contributed by atoms with Crippen molar-refractivity contribution in [2.45, 2.75) is 125 Å². The van der Waals surface area contributed by atoms with Crippen LogP contribution in [0.5, 0.6) is 5.75 Å². The van der Waals surface area contributed by atoms with Crippen molar-refractivity contribution in [1.29, 1.82) is 0 Å². The fraction of sp³-hybridized carbons (Fsp3) is 0.328. The summed E-state index contributed by atoms with van der Waals surface area (Å²) in [5.74, 6) is 1.50. The molecule has 0 saturated heterocycles. The van der Waals surface area contributed by atoms with Crippen molar-refractivity contribution in [2.24, 2.45) is 5.92 Å². The Morgan fingerprint density at radius 2 is 1.21 bits per heavy atom. The van der Waals surface area contributed by atoms with Gasteiger partial charge < -0.3 is 5.11 Å². The fourth-order valence-electron chi connectivity index (χ4n) is 9.43. The van der Waals surface area contributed by atoms with Gasteiger partial charge in [0.05, 0.1) is 38.2 Å². The highest BCUT2D eigenvalue weighted by molar-refractivity contribution is 7.26. The number of thiophene rings is 1. The SMILES string of the molecule is CC(C)Cc1cccc2c1sc1c(-c3cc(-c4cccc5c4nc(-c4cc(C(C)(C)C)cc(C(C)(C)C)c4O)n5-c4ccc(C(C)(C)C)cc4-c4ccccc4)cc(C(C)(C)C)c3)ncnc12. The first-order chi connectivity index (χ1) is 31.5. The molecule has 0 atom stereocenters. The maximum atomic E-state index is 12.6. The van der Waals surface area contributed by atoms with Crippen LogP contribution in [0.15, 0.2) is 122 Å². The lowest BCUT2D eigenvalue weighted by atomic mass is 9.79. The average molecular weight is 903 g/mol. The molecule has 0 aliphatic heterocycles. The summed E-state index contributed by atoms with van der Waals surface area (Å²) in [5, 5.41) is 13.8. The van der Waals surface area contributed by atoms with Crippen LogP contribution in [0.1, 0.15) is 125 Å². The Hall–Kier alpha value is -6.11. The van der Waals surface area contributed by atoms with Gasteiger partial charge in [-0.05, 0) is 104 Å². The van der Waals surface area contributed by atoms with Crippen LogP contribution >= 0.6 is 11.3 Å². The van der Waals surface area contributed by atoms with Crippen LogP contribution in [0.25, 0.3) is 81.9 Å². The Kier molecular flexibility index (Phi) is 11.4. The zero-order valence-corrected chi connectivity index (χ0v) is 42.8. The number of para-hydroxylation sites is 1. The first kappa shape index (κ1) is 46.0. The minimum absolute atomic E-state index is 0.0762. The molecule has 0 spiro atoms. The number of hydrogen-bond acceptors (Lipinski definition) is 5. The first-order valence-electron chi connectivity index (χ1n) is 23.9. The van der Waals surface area contributed by atoms with Gasteiger partial charge >= 0.3 is 0 Å². The number of aromatic hydroxyl groups is 1. The molecule has 0 radical (unpaired) electrons. The molecule has 9 rings (SSSR count). The zero-order valence-electron chi connectivity index (χ0n) is 42.0. The van der Waals surface area contributed by atoms with Gasteiger partial charge in [0.25, 0.3) is 0 Å². The quantitative estimate of drug-likeness (QED) is 0.173. The molecule has 0 amide bonds. The molecule has 0 aliphatic rings. The number of benzene rings is 6. The van der Waals surface area contributed by atoms with Gasteiger partial charge in [0.15, 0.2) is 0 Å². The third-order valence-electron chi connectivity index (χ3n) is 13.3. The number of nitrogens with zero attached hydrogens (tertiary/aromatic N) is 4. The first-order valence-corrected chi connectivity index (χ1v) is 24.7. The molecule has 9 aromatic rings. The van der Waals surface area contributed by atoms with Crippen molar-refractivity contribution < 1.29 is 5.11 Å². The van der Waals surface area contributed by atoms with Crippen LogP contribution in [0.2, 0.25) is 0 Å². The monoisotopic (exact) mass is 902 g/mol. The van der Waals surface area contributed by atoms with Crippen molar-refractivity contribution in [3.8, 4) is 56.3 Å². The van der Waals surface area contributed by atoms with Gasteiger partial charge in [0.2, 0.25) is 0 Å². The van der Waals surface area contributed by atoms with Gasteiger partial charge in [-0.2, -0.15) is 0 Å². The summed E-state index contributed by atoms with van der Waals surface area (Å²) in [5.41, 5.74) is 15.9. The van der Waals surface area contributed by atoms with Crippen molar-refractivity contribution in [3.63, 3.8) is 0 Å². The van der Waals surface area contributed by atoms with Gasteiger partial charge in [-0.15, -0.1) is 11.3 Å². The molecule has 6 aromatic carbocycles. The molecule has 342 valence electrons. The summed E-state index contributed by atoms with van der Waals surface area (Å²) >= 11 is 1.81. The number of imidazole rings is 1. The van der Waals surface area contributed by atoms with Gasteiger partial charge in [-0.25, -0.2) is 15.0 Å². The topological polar surface area (TPSA) is 63.8 Å². The molecule has 0 aliphatic carbocycles. The van der Waals surface area contributed by atoms with E-state index in [4.69, 9.17) is 15.0 Å². The van der Waals surface area contributed by atoms with E-state index in [9.17, 15) is 5.11 Å². The molecule has 0 unspecified atom stereocenters. The highest BCUT2D eigenvalue weighted by Gasteiger charge is 2.30. The highest BCUT2D eigenvalue weighted by atomic mass is 32.1. The summed E-state index contributed by atoms with van der Waals surface area (Å²) in [6, 6.07) is 42.0. The summed E-state index contributed by atoms with van der Waals surface area (Å²) in [6.07, 6.45) is 2.74. The number of phenolic OH excluding ortho intramolecular Hbond substituents is 1. The van der Waals surface area contributed by atoms with E-state index in [2.05, 4.69) is 217 Å². The Bertz CT molecular complexity index is 3340. The predicted molar refractivity (Wildman–Crippen MR) is 286 cm³/mol. The van der Waals surface area contributed by atoms with Gasteiger partial charge in [-0.3, -0.25) is 4.57 Å². The third-order valence-corrected chi connectivity index (χ3v) is 14.5. The summed E-state index contributed by atoms with van der Waals surface area (Å²) < 4.78 is 4.70. The molecule has 0 saturated carbocycles. The number of phenols is 1. The normalized spacial score (nSPS) is 12.9. The van der Waals surface area contributed by atoms with Gasteiger partial charge in [0, 0.05) is 32.3 Å². The minimum atomic E-state index is -0.327. The summed E-state index contributed by atoms with van der Waals surface area (Å²) in [4.78, 5) is 15.7. The highest BCUT2D eigenvalue weighted by Crippen LogP contribution is 2.47. The molecule has 0 fully saturated rings. The van der Waals surface area contributed by atoms with Crippen molar-refractivity contribution in [2.75, 3.05) is 0 Å². The predicted octanol–water partition coefficient (Wildman–Crippen LogP) is 16.9. The second kappa shape index (κ2) is 16.6. The lowest BCUT2D eigenvalue weighted by Crippen LogP contribution is -2.17. The average Bonchev–Trinajstić information content (AvgIpc) is 3.84. The van der Waals surface area contributed by atoms with Crippen LogP contribution in [-0.4, -0.2) is 24.6 Å². The standard InChI is InChI=1S/C61H66N4OS/c1-36(2)28-38-22-18-24-45-53-56(67-55(38)45)51(62-35-63-53)40-29-39(30-42(31-40)59(6,7)8)44-23-19-25-50-52(44)64-57(47-33-43(60(9,10)11)34-48(54(47)66)61(12,13)14)65(50)49-27-26-41(58(3,4)5)32-46(49)37-20-16-15-17-21-37/h15-27,29-36,66H,28H2,1-14H3. The molecule has 0 bridgehead atoms. The molecular formula is C61H66N4OS. The Morgan fingerprint density at radius 1 is 0.552 bits per heavy atom. The zero-order chi connectivity index (χ0) is 48.0. The molecule has 3 heterocycles. The van der Waals surface area contributed by atoms with Crippen molar-refractivity contribution in [1.82, 2.24) is 19.5 Å². The molecule has 3 aromatic heterocycles. The molecule has 1 N–H and O–H groups in total. The number of fused-ring (bicyclic) bond motifs is 4. The maximum Gasteiger partial charge on any atom is 0.149 e. The van der Waals surface area contributed by atoms with E-state index in [0.717, 1.165) is 78.0 Å². The number of aromatic nitrogens is 4. The Labute approximate surface area is 402 Å². The van der Waals surface area contributed by atoms with E-state index >= 15 is 0 Å². The second-order valence-electron chi connectivity index (χ2n) is 23.2. The van der Waals surface area contributed by atoms with E-state index in [1.165, 1.54) is 26.8 Å². The van der Waals surface area contributed by atoms with E-state index in [0.29, 0.717) is 17.3 Å². The van der Waals surface area contributed by atoms with Gasteiger partial charge in [-0.1, -0.05) is 176 Å². The largest absolute Gasteiger partial charge is 0.507 e. The molecule has 67 heavy (non-hydrogen) atoms. The van der Waals surface area contributed by atoms with Crippen LogP contribution < -0.4 is 0 Å². The van der Waals surface area contributed by atoms with E-state index in [1.54, 1.807) is 6.33 Å². The third kappa shape index (κ3) is 8.59. The minimum Gasteiger partial charge on any atom is -0.507 e. The van der Waals surface area contributed by atoms with Crippen molar-refractivity contribution >= 4 is 42.7 Å². The number of hydrogen-bond donors (Lipinski definition) is 1.